The van der Waals surface area contributed by atoms with E-state index in [1.165, 1.54) is 61.7 Å². The van der Waals surface area contributed by atoms with Crippen LogP contribution >= 0.6 is 27.7 Å². The third kappa shape index (κ3) is 4.30. The van der Waals surface area contributed by atoms with Gasteiger partial charge in [0.15, 0.2) is 5.17 Å². The standard InChI is InChI=1S/C32H32BrN3OS/c1-19-11-24(15-29-30(37)35-31(38-29)34-27-7-5-26(33)6-8-27)20(2)36(19)28-9-3-25(4-10-28)32-16-21-12-22(17-32)14-23(13-21)18-32/h3-11,15,21-23H,12-14,16-18H2,1-2H3,(H,34,35,37)/b29-15-. The number of carbonyl (C=O) groups excluding carboxylic acids is 1. The first-order valence-corrected chi connectivity index (χ1v) is 15.3. The summed E-state index contributed by atoms with van der Waals surface area (Å²) in [6.07, 6.45) is 10.6. The van der Waals surface area contributed by atoms with Crippen LogP contribution in [0.25, 0.3) is 11.8 Å². The number of aryl methyl sites for hydroxylation is 1. The van der Waals surface area contributed by atoms with Crippen LogP contribution in [0.3, 0.4) is 0 Å². The highest BCUT2D eigenvalue weighted by atomic mass is 79.9. The number of nitrogens with zero attached hydrogens (tertiary/aromatic N) is 2. The summed E-state index contributed by atoms with van der Waals surface area (Å²) in [6, 6.07) is 19.4. The van der Waals surface area contributed by atoms with Gasteiger partial charge in [-0.3, -0.25) is 4.79 Å². The highest BCUT2D eigenvalue weighted by Gasteiger charge is 2.51. The Morgan fingerprint density at radius 1 is 0.974 bits per heavy atom. The largest absolute Gasteiger partial charge is 0.318 e. The van der Waals surface area contributed by atoms with Crippen LogP contribution in [0.4, 0.5) is 5.69 Å². The van der Waals surface area contributed by atoms with Gasteiger partial charge < -0.3 is 9.88 Å². The van der Waals surface area contributed by atoms with Gasteiger partial charge in [0.2, 0.25) is 0 Å². The lowest BCUT2D eigenvalue weighted by Gasteiger charge is -2.57. The van der Waals surface area contributed by atoms with Gasteiger partial charge >= 0.3 is 0 Å². The molecule has 6 heteroatoms. The van der Waals surface area contributed by atoms with E-state index in [0.717, 1.165) is 39.2 Å². The molecule has 4 bridgehead atoms. The van der Waals surface area contributed by atoms with E-state index in [-0.39, 0.29) is 5.91 Å². The second kappa shape index (κ2) is 9.27. The van der Waals surface area contributed by atoms with Crippen LogP contribution in [0.1, 0.15) is 61.0 Å². The topological polar surface area (TPSA) is 46.4 Å². The minimum absolute atomic E-state index is 0.101. The summed E-state index contributed by atoms with van der Waals surface area (Å²) in [5.41, 5.74) is 7.36. The summed E-state index contributed by atoms with van der Waals surface area (Å²) < 4.78 is 3.31. The quantitative estimate of drug-likeness (QED) is 0.313. The van der Waals surface area contributed by atoms with Crippen molar-refractivity contribution >= 4 is 50.5 Å². The molecule has 2 aromatic carbocycles. The lowest BCUT2D eigenvalue weighted by Crippen LogP contribution is -2.48. The average Bonchev–Trinajstić information content (AvgIpc) is 3.37. The number of carbonyl (C=O) groups is 1. The van der Waals surface area contributed by atoms with Crippen LogP contribution in [0.5, 0.6) is 0 Å². The highest BCUT2D eigenvalue weighted by Crippen LogP contribution is 2.60. The SMILES string of the molecule is Cc1cc(/C=C2\SC(=Nc3ccc(Br)cc3)NC2=O)c(C)n1-c1ccc(C23CC4CC(CC(C4)C2)C3)cc1. The molecule has 5 fully saturated rings. The molecule has 4 saturated carbocycles. The molecular weight excluding hydrogens is 554 g/mol. The van der Waals surface area contributed by atoms with Crippen LogP contribution in [-0.4, -0.2) is 15.6 Å². The second-order valence-electron chi connectivity index (χ2n) is 11.9. The van der Waals surface area contributed by atoms with Gasteiger partial charge in [-0.1, -0.05) is 28.1 Å². The second-order valence-corrected chi connectivity index (χ2v) is 13.8. The molecule has 4 nitrogen and oxygen atoms in total. The third-order valence-corrected chi connectivity index (χ3v) is 10.7. The Bertz CT molecular complexity index is 1450. The van der Waals surface area contributed by atoms with Crippen molar-refractivity contribution in [2.24, 2.45) is 22.7 Å². The normalized spacial score (nSPS) is 30.0. The maximum atomic E-state index is 12.7. The maximum absolute atomic E-state index is 12.7. The van der Waals surface area contributed by atoms with Crippen molar-refractivity contribution in [1.82, 2.24) is 9.88 Å². The highest BCUT2D eigenvalue weighted by molar-refractivity contribution is 9.10. The predicted octanol–water partition coefficient (Wildman–Crippen LogP) is 8.22. The van der Waals surface area contributed by atoms with Gasteiger partial charge in [-0.2, -0.15) is 0 Å². The Kier molecular flexibility index (Phi) is 5.97. The van der Waals surface area contributed by atoms with Crippen LogP contribution in [0.2, 0.25) is 0 Å². The molecule has 0 unspecified atom stereocenters. The molecule has 0 radical (unpaired) electrons. The smallest absolute Gasteiger partial charge is 0.264 e. The fraction of sp³-hybridized carbons (Fsp3) is 0.375. The number of rotatable bonds is 4. The molecule has 194 valence electrons. The summed E-state index contributed by atoms with van der Waals surface area (Å²) in [4.78, 5) is 18.0. The Balaban J connectivity index is 1.14. The van der Waals surface area contributed by atoms with Crippen molar-refractivity contribution in [2.45, 2.75) is 57.8 Å². The van der Waals surface area contributed by atoms with Crippen LogP contribution in [-0.2, 0) is 10.2 Å². The molecule has 1 N–H and O–H groups in total. The minimum atomic E-state index is -0.101. The van der Waals surface area contributed by atoms with Gasteiger partial charge in [0, 0.05) is 21.5 Å². The number of aliphatic imine (C=N–C) groups is 1. The number of benzene rings is 2. The van der Waals surface area contributed by atoms with Crippen molar-refractivity contribution in [1.29, 1.82) is 0 Å². The Morgan fingerprint density at radius 2 is 1.61 bits per heavy atom. The van der Waals surface area contributed by atoms with E-state index in [1.54, 1.807) is 5.56 Å². The molecule has 0 atom stereocenters. The zero-order chi connectivity index (χ0) is 26.0. The van der Waals surface area contributed by atoms with Crippen LogP contribution in [0, 0.1) is 31.6 Å². The predicted molar refractivity (Wildman–Crippen MR) is 160 cm³/mol. The third-order valence-electron chi connectivity index (χ3n) is 9.24. The number of nitrogens with one attached hydrogen (secondary N) is 1. The number of hydrogen-bond donors (Lipinski definition) is 1. The molecular formula is C32H32BrN3OS. The van der Waals surface area contributed by atoms with Crippen molar-refractivity contribution in [2.75, 3.05) is 0 Å². The van der Waals surface area contributed by atoms with Gasteiger partial charge in [-0.15, -0.1) is 0 Å². The van der Waals surface area contributed by atoms with Crippen molar-refractivity contribution < 1.29 is 4.79 Å². The van der Waals surface area contributed by atoms with Crippen LogP contribution < -0.4 is 5.32 Å². The van der Waals surface area contributed by atoms with Crippen molar-refractivity contribution in [3.05, 3.63) is 86.5 Å². The average molecular weight is 587 g/mol. The molecule has 1 saturated heterocycles. The molecule has 4 aliphatic carbocycles. The summed E-state index contributed by atoms with van der Waals surface area (Å²) in [6.45, 7) is 4.28. The van der Waals surface area contributed by atoms with Gasteiger partial charge in [0.25, 0.3) is 5.91 Å². The number of aromatic nitrogens is 1. The van der Waals surface area contributed by atoms with Gasteiger partial charge in [0.05, 0.1) is 10.6 Å². The summed E-state index contributed by atoms with van der Waals surface area (Å²) in [5.74, 6) is 2.76. The number of amides is 1. The molecule has 1 amide bonds. The van der Waals surface area contributed by atoms with E-state index in [1.807, 2.05) is 30.3 Å². The lowest BCUT2D eigenvalue weighted by atomic mass is 9.48. The fourth-order valence-corrected chi connectivity index (χ4v) is 9.11. The van der Waals surface area contributed by atoms with E-state index in [2.05, 4.69) is 75.0 Å². The summed E-state index contributed by atoms with van der Waals surface area (Å²) >= 11 is 4.84. The maximum Gasteiger partial charge on any atom is 0.264 e. The molecule has 38 heavy (non-hydrogen) atoms. The molecule has 3 aromatic rings. The van der Waals surface area contributed by atoms with E-state index in [9.17, 15) is 4.79 Å². The summed E-state index contributed by atoms with van der Waals surface area (Å²) in [7, 11) is 0. The number of hydrogen-bond acceptors (Lipinski definition) is 3. The first-order chi connectivity index (χ1) is 18.3. The van der Waals surface area contributed by atoms with E-state index < -0.39 is 0 Å². The van der Waals surface area contributed by atoms with Crippen molar-refractivity contribution in [3.63, 3.8) is 0 Å². The first-order valence-electron chi connectivity index (χ1n) is 13.7. The van der Waals surface area contributed by atoms with Gasteiger partial charge in [0.1, 0.15) is 0 Å². The monoisotopic (exact) mass is 585 g/mol. The number of halogens is 1. The zero-order valence-corrected chi connectivity index (χ0v) is 24.2. The van der Waals surface area contributed by atoms with Gasteiger partial charge in [-0.05, 0) is 147 Å². The van der Waals surface area contributed by atoms with Gasteiger partial charge in [-0.25, -0.2) is 4.99 Å². The lowest BCUT2D eigenvalue weighted by molar-refractivity contribution is -0.115. The van der Waals surface area contributed by atoms with Crippen LogP contribution in [0.15, 0.2) is 69.0 Å². The molecule has 2 heterocycles. The fourth-order valence-electron chi connectivity index (χ4n) is 8.01. The Morgan fingerprint density at radius 3 is 2.24 bits per heavy atom. The Labute approximate surface area is 237 Å². The number of thioether (sulfide) groups is 1. The van der Waals surface area contributed by atoms with Crippen molar-refractivity contribution in [3.8, 4) is 5.69 Å². The Hall–Kier alpha value is -2.57. The molecule has 5 aliphatic rings. The first kappa shape index (κ1) is 24.5. The zero-order valence-electron chi connectivity index (χ0n) is 21.8. The minimum Gasteiger partial charge on any atom is -0.318 e. The summed E-state index contributed by atoms with van der Waals surface area (Å²) in [5, 5.41) is 3.52. The van der Waals surface area contributed by atoms with E-state index >= 15 is 0 Å². The number of amidine groups is 1. The van der Waals surface area contributed by atoms with E-state index in [4.69, 9.17) is 0 Å². The molecule has 8 rings (SSSR count). The van der Waals surface area contributed by atoms with E-state index in [0.29, 0.717) is 15.5 Å². The molecule has 0 spiro atoms. The molecule has 1 aromatic heterocycles. The molecule has 1 aliphatic heterocycles.